The third-order valence-corrected chi connectivity index (χ3v) is 2.46. The van der Waals surface area contributed by atoms with E-state index in [1.54, 1.807) is 0 Å². The number of aromatic amines is 1. The average molecular weight is 232 g/mol. The summed E-state index contributed by atoms with van der Waals surface area (Å²) in [6, 6.07) is 0. The lowest BCUT2D eigenvalue weighted by molar-refractivity contribution is 0.595. The van der Waals surface area contributed by atoms with E-state index in [9.17, 15) is 13.2 Å². The Morgan fingerprint density at radius 2 is 2.27 bits per heavy atom. The summed E-state index contributed by atoms with van der Waals surface area (Å²) >= 11 is 0. The summed E-state index contributed by atoms with van der Waals surface area (Å²) in [5, 5.41) is 7.52. The SMILES string of the molecule is NS(=O)(=O)CCCNc1ncc[nH]c1=O. The summed E-state index contributed by atoms with van der Waals surface area (Å²) in [5.74, 6) is 0.0528. The van der Waals surface area contributed by atoms with Crippen molar-refractivity contribution < 1.29 is 8.42 Å². The molecule has 1 aromatic heterocycles. The Morgan fingerprint density at radius 1 is 1.53 bits per heavy atom. The molecule has 0 aliphatic carbocycles. The van der Waals surface area contributed by atoms with E-state index in [0.717, 1.165) is 0 Å². The van der Waals surface area contributed by atoms with E-state index < -0.39 is 10.0 Å². The van der Waals surface area contributed by atoms with E-state index in [0.29, 0.717) is 13.0 Å². The average Bonchev–Trinajstić information content (AvgIpc) is 2.13. The highest BCUT2D eigenvalue weighted by Crippen LogP contribution is 1.91. The van der Waals surface area contributed by atoms with E-state index >= 15 is 0 Å². The van der Waals surface area contributed by atoms with Crippen LogP contribution in [-0.4, -0.2) is 30.7 Å². The zero-order valence-corrected chi connectivity index (χ0v) is 8.75. The molecule has 8 heteroatoms. The van der Waals surface area contributed by atoms with Gasteiger partial charge in [-0.2, -0.15) is 0 Å². The lowest BCUT2D eigenvalue weighted by Gasteiger charge is -2.02. The van der Waals surface area contributed by atoms with Gasteiger partial charge in [-0.15, -0.1) is 0 Å². The molecular formula is C7H12N4O3S. The van der Waals surface area contributed by atoms with Crippen LogP contribution < -0.4 is 16.0 Å². The molecular weight excluding hydrogens is 220 g/mol. The number of primary sulfonamides is 1. The summed E-state index contributed by atoms with van der Waals surface area (Å²) in [6.07, 6.45) is 3.18. The molecule has 0 aromatic carbocycles. The van der Waals surface area contributed by atoms with Crippen LogP contribution in [0.2, 0.25) is 0 Å². The molecule has 0 bridgehead atoms. The van der Waals surface area contributed by atoms with Gasteiger partial charge in [-0.1, -0.05) is 0 Å². The van der Waals surface area contributed by atoms with Crippen LogP contribution in [0.25, 0.3) is 0 Å². The zero-order valence-electron chi connectivity index (χ0n) is 7.93. The van der Waals surface area contributed by atoms with Crippen LogP contribution in [0, 0.1) is 0 Å². The number of nitrogens with two attached hydrogens (primary N) is 1. The largest absolute Gasteiger partial charge is 0.365 e. The monoisotopic (exact) mass is 232 g/mol. The zero-order chi connectivity index (χ0) is 11.3. The fourth-order valence-electron chi connectivity index (χ4n) is 0.958. The van der Waals surface area contributed by atoms with Gasteiger partial charge >= 0.3 is 0 Å². The minimum Gasteiger partial charge on any atom is -0.365 e. The quantitative estimate of drug-likeness (QED) is 0.554. The van der Waals surface area contributed by atoms with Crippen LogP contribution in [0.5, 0.6) is 0 Å². The number of sulfonamides is 1. The summed E-state index contributed by atoms with van der Waals surface area (Å²) in [7, 11) is -3.44. The molecule has 0 atom stereocenters. The minimum atomic E-state index is -3.44. The summed E-state index contributed by atoms with van der Waals surface area (Å²) in [6.45, 7) is 0.330. The van der Waals surface area contributed by atoms with Gasteiger partial charge < -0.3 is 10.3 Å². The van der Waals surface area contributed by atoms with Crippen molar-refractivity contribution in [3.8, 4) is 0 Å². The molecule has 1 heterocycles. The number of anilines is 1. The highest BCUT2D eigenvalue weighted by atomic mass is 32.2. The Balaban J connectivity index is 2.39. The first kappa shape index (κ1) is 11.7. The fourth-order valence-corrected chi connectivity index (χ4v) is 1.50. The molecule has 15 heavy (non-hydrogen) atoms. The van der Waals surface area contributed by atoms with E-state index in [1.165, 1.54) is 12.4 Å². The lowest BCUT2D eigenvalue weighted by atomic mass is 10.5. The number of nitrogens with zero attached hydrogens (tertiary/aromatic N) is 1. The first-order valence-electron chi connectivity index (χ1n) is 4.27. The third-order valence-electron chi connectivity index (χ3n) is 1.61. The van der Waals surface area contributed by atoms with Crippen LogP contribution in [0.3, 0.4) is 0 Å². The van der Waals surface area contributed by atoms with E-state index in [4.69, 9.17) is 5.14 Å². The molecule has 1 aromatic rings. The van der Waals surface area contributed by atoms with Crippen LogP contribution in [0.1, 0.15) is 6.42 Å². The second kappa shape index (κ2) is 4.89. The van der Waals surface area contributed by atoms with Crippen LogP contribution in [0.15, 0.2) is 17.2 Å². The van der Waals surface area contributed by atoms with Crippen molar-refractivity contribution in [3.05, 3.63) is 22.7 Å². The number of hydrogen-bond acceptors (Lipinski definition) is 5. The van der Waals surface area contributed by atoms with Crippen molar-refractivity contribution >= 4 is 15.8 Å². The Kier molecular flexibility index (Phi) is 3.81. The first-order chi connectivity index (χ1) is 6.99. The molecule has 84 valence electrons. The maximum atomic E-state index is 11.1. The van der Waals surface area contributed by atoms with E-state index in [-0.39, 0.29) is 17.1 Å². The number of H-pyrrole nitrogens is 1. The van der Waals surface area contributed by atoms with Gasteiger partial charge in [-0.25, -0.2) is 18.5 Å². The Labute approximate surface area is 86.8 Å². The standard InChI is InChI=1S/C7H12N4O3S/c8-15(13,14)5-1-2-9-6-7(12)11-4-3-10-6/h3-4H,1-2,5H2,(H,9,10)(H,11,12)(H2,8,13,14). The maximum absolute atomic E-state index is 11.1. The lowest BCUT2D eigenvalue weighted by Crippen LogP contribution is -2.21. The van der Waals surface area contributed by atoms with Crippen LogP contribution in [0.4, 0.5) is 5.82 Å². The van der Waals surface area contributed by atoms with Gasteiger partial charge in [0, 0.05) is 18.9 Å². The van der Waals surface area contributed by atoms with Gasteiger partial charge in [0.15, 0.2) is 5.82 Å². The highest BCUT2D eigenvalue weighted by molar-refractivity contribution is 7.89. The number of aromatic nitrogens is 2. The van der Waals surface area contributed by atoms with Crippen molar-refractivity contribution in [2.75, 3.05) is 17.6 Å². The minimum absolute atomic E-state index is 0.120. The number of nitrogens with one attached hydrogen (secondary N) is 2. The van der Waals surface area contributed by atoms with Crippen molar-refractivity contribution in [3.63, 3.8) is 0 Å². The van der Waals surface area contributed by atoms with Gasteiger partial charge in [0.1, 0.15) is 0 Å². The van der Waals surface area contributed by atoms with Crippen molar-refractivity contribution in [2.45, 2.75) is 6.42 Å². The fraction of sp³-hybridized carbons (Fsp3) is 0.429. The van der Waals surface area contributed by atoms with Gasteiger partial charge in [-0.3, -0.25) is 4.79 Å². The molecule has 0 radical (unpaired) electrons. The molecule has 4 N–H and O–H groups in total. The smallest absolute Gasteiger partial charge is 0.290 e. The molecule has 1 rings (SSSR count). The van der Waals surface area contributed by atoms with Gasteiger partial charge in [0.2, 0.25) is 10.0 Å². The predicted octanol–water partition coefficient (Wildman–Crippen LogP) is -1.14. The molecule has 0 spiro atoms. The molecule has 7 nitrogen and oxygen atoms in total. The Hall–Kier alpha value is -1.41. The molecule has 0 aliphatic rings. The second-order valence-electron chi connectivity index (χ2n) is 2.91. The van der Waals surface area contributed by atoms with Crippen molar-refractivity contribution in [1.29, 1.82) is 0 Å². The summed E-state index contributed by atoms with van der Waals surface area (Å²) in [4.78, 5) is 17.3. The van der Waals surface area contributed by atoms with Crippen LogP contribution in [-0.2, 0) is 10.0 Å². The predicted molar refractivity (Wildman–Crippen MR) is 55.9 cm³/mol. The van der Waals surface area contributed by atoms with E-state index in [2.05, 4.69) is 15.3 Å². The Morgan fingerprint density at radius 3 is 2.87 bits per heavy atom. The maximum Gasteiger partial charge on any atom is 0.290 e. The Bertz CT molecular complexity index is 467. The van der Waals surface area contributed by atoms with Crippen molar-refractivity contribution in [1.82, 2.24) is 9.97 Å². The van der Waals surface area contributed by atoms with Crippen molar-refractivity contribution in [2.24, 2.45) is 5.14 Å². The molecule has 0 saturated heterocycles. The molecule has 0 aliphatic heterocycles. The molecule has 0 fully saturated rings. The normalized spacial score (nSPS) is 11.3. The highest BCUT2D eigenvalue weighted by Gasteiger charge is 2.02. The summed E-state index contributed by atoms with van der Waals surface area (Å²) < 4.78 is 21.2. The van der Waals surface area contributed by atoms with E-state index in [1.807, 2.05) is 0 Å². The van der Waals surface area contributed by atoms with Gasteiger partial charge in [0.25, 0.3) is 5.56 Å². The summed E-state index contributed by atoms with van der Waals surface area (Å²) in [5.41, 5.74) is -0.340. The first-order valence-corrected chi connectivity index (χ1v) is 5.98. The molecule has 0 amide bonds. The number of rotatable bonds is 5. The second-order valence-corrected chi connectivity index (χ2v) is 4.65. The molecule has 0 unspecified atom stereocenters. The third kappa shape index (κ3) is 4.56. The number of hydrogen-bond donors (Lipinski definition) is 3. The van der Waals surface area contributed by atoms with Gasteiger partial charge in [0.05, 0.1) is 5.75 Å². The molecule has 0 saturated carbocycles. The van der Waals surface area contributed by atoms with Gasteiger partial charge in [-0.05, 0) is 6.42 Å². The topological polar surface area (TPSA) is 118 Å². The van der Waals surface area contributed by atoms with Crippen LogP contribution >= 0.6 is 0 Å².